The van der Waals surface area contributed by atoms with Gasteiger partial charge in [0.15, 0.2) is 0 Å². The molecule has 1 rings (SSSR count). The SMILES string of the molecule is O=C(O)CCCCNC(=O)C1CCCCS1. The lowest BCUT2D eigenvalue weighted by atomic mass is 10.2. The highest BCUT2D eigenvalue weighted by Gasteiger charge is 2.20. The van der Waals surface area contributed by atoms with E-state index in [0.29, 0.717) is 13.0 Å². The minimum absolute atomic E-state index is 0.119. The minimum Gasteiger partial charge on any atom is -0.481 e. The van der Waals surface area contributed by atoms with Gasteiger partial charge in [0.2, 0.25) is 5.91 Å². The van der Waals surface area contributed by atoms with Gasteiger partial charge in [-0.1, -0.05) is 6.42 Å². The molecule has 1 atom stereocenters. The van der Waals surface area contributed by atoms with Gasteiger partial charge >= 0.3 is 5.97 Å². The van der Waals surface area contributed by atoms with E-state index in [1.807, 2.05) is 0 Å². The topological polar surface area (TPSA) is 66.4 Å². The van der Waals surface area contributed by atoms with Crippen molar-refractivity contribution in [3.63, 3.8) is 0 Å². The third-order valence-corrected chi connectivity index (χ3v) is 3.97. The summed E-state index contributed by atoms with van der Waals surface area (Å²) in [6.45, 7) is 0.600. The number of carboxylic acid groups (broad SMARTS) is 1. The first-order valence-electron chi connectivity index (χ1n) is 5.81. The van der Waals surface area contributed by atoms with E-state index in [1.165, 1.54) is 6.42 Å². The van der Waals surface area contributed by atoms with E-state index in [4.69, 9.17) is 5.11 Å². The maximum atomic E-state index is 11.6. The summed E-state index contributed by atoms with van der Waals surface area (Å²) < 4.78 is 0. The molecule has 0 aromatic carbocycles. The number of rotatable bonds is 6. The average Bonchev–Trinajstić information content (AvgIpc) is 2.29. The van der Waals surface area contributed by atoms with Gasteiger partial charge in [-0.15, -0.1) is 11.8 Å². The van der Waals surface area contributed by atoms with E-state index in [9.17, 15) is 9.59 Å². The molecule has 1 saturated heterocycles. The van der Waals surface area contributed by atoms with E-state index in [2.05, 4.69) is 5.32 Å². The van der Waals surface area contributed by atoms with Gasteiger partial charge in [-0.3, -0.25) is 9.59 Å². The fourth-order valence-electron chi connectivity index (χ4n) is 1.67. The molecule has 0 aromatic rings. The number of thioether (sulfide) groups is 1. The molecule has 1 aliphatic heterocycles. The second-order valence-corrected chi connectivity index (χ2v) is 5.31. The maximum Gasteiger partial charge on any atom is 0.303 e. The van der Waals surface area contributed by atoms with Gasteiger partial charge in [-0.25, -0.2) is 0 Å². The van der Waals surface area contributed by atoms with E-state index >= 15 is 0 Å². The molecule has 92 valence electrons. The fourth-order valence-corrected chi connectivity index (χ4v) is 2.90. The summed E-state index contributed by atoms with van der Waals surface area (Å²) in [6, 6.07) is 0. The largest absolute Gasteiger partial charge is 0.481 e. The summed E-state index contributed by atoms with van der Waals surface area (Å²) in [5.41, 5.74) is 0. The smallest absolute Gasteiger partial charge is 0.303 e. The molecule has 1 aliphatic rings. The van der Waals surface area contributed by atoms with E-state index in [-0.39, 0.29) is 17.6 Å². The van der Waals surface area contributed by atoms with Crippen LogP contribution in [0.4, 0.5) is 0 Å². The van der Waals surface area contributed by atoms with Crippen LogP contribution in [0.5, 0.6) is 0 Å². The van der Waals surface area contributed by atoms with E-state index in [1.54, 1.807) is 11.8 Å². The standard InChI is InChI=1S/C11H19NO3S/c13-10(14)6-1-3-7-12-11(15)9-5-2-4-8-16-9/h9H,1-8H2,(H,12,15)(H,13,14). The molecule has 0 aromatic heterocycles. The van der Waals surface area contributed by atoms with Crippen LogP contribution in [-0.4, -0.2) is 34.5 Å². The summed E-state index contributed by atoms with van der Waals surface area (Å²) in [5.74, 6) is 0.436. The number of nitrogens with one attached hydrogen (secondary N) is 1. The number of aliphatic carboxylic acids is 1. The Morgan fingerprint density at radius 1 is 1.31 bits per heavy atom. The maximum absolute atomic E-state index is 11.6. The minimum atomic E-state index is -0.769. The lowest BCUT2D eigenvalue weighted by Crippen LogP contribution is -2.34. The van der Waals surface area contributed by atoms with Crippen LogP contribution in [0.2, 0.25) is 0 Å². The van der Waals surface area contributed by atoms with Crippen molar-refractivity contribution in [2.75, 3.05) is 12.3 Å². The Kier molecular flexibility index (Phi) is 6.30. The fraction of sp³-hybridized carbons (Fsp3) is 0.818. The summed E-state index contributed by atoms with van der Waals surface area (Å²) >= 11 is 1.73. The van der Waals surface area contributed by atoms with Crippen LogP contribution in [0.1, 0.15) is 38.5 Å². The Bertz CT molecular complexity index is 239. The highest BCUT2D eigenvalue weighted by atomic mass is 32.2. The van der Waals surface area contributed by atoms with Crippen molar-refractivity contribution < 1.29 is 14.7 Å². The molecule has 0 bridgehead atoms. The third-order valence-electron chi connectivity index (χ3n) is 2.59. The number of carbonyl (C=O) groups is 2. The lowest BCUT2D eigenvalue weighted by molar-refractivity contribution is -0.137. The van der Waals surface area contributed by atoms with Crippen molar-refractivity contribution in [2.45, 2.75) is 43.8 Å². The zero-order chi connectivity index (χ0) is 11.8. The normalized spacial score (nSPS) is 20.4. The van der Waals surface area contributed by atoms with Crippen molar-refractivity contribution in [2.24, 2.45) is 0 Å². The molecule has 2 N–H and O–H groups in total. The first-order valence-corrected chi connectivity index (χ1v) is 6.86. The molecule has 16 heavy (non-hydrogen) atoms. The first kappa shape index (κ1) is 13.4. The molecular formula is C11H19NO3S. The zero-order valence-corrected chi connectivity index (χ0v) is 10.2. The van der Waals surface area contributed by atoms with Gasteiger partial charge in [-0.05, 0) is 31.4 Å². The van der Waals surface area contributed by atoms with Crippen LogP contribution in [0.3, 0.4) is 0 Å². The van der Waals surface area contributed by atoms with Crippen LogP contribution >= 0.6 is 11.8 Å². The molecule has 5 heteroatoms. The Labute approximate surface area is 100 Å². The van der Waals surface area contributed by atoms with Gasteiger partial charge in [-0.2, -0.15) is 0 Å². The first-order chi connectivity index (χ1) is 7.70. The molecule has 4 nitrogen and oxygen atoms in total. The number of hydrogen-bond acceptors (Lipinski definition) is 3. The second-order valence-electron chi connectivity index (χ2n) is 4.00. The van der Waals surface area contributed by atoms with E-state index < -0.39 is 5.97 Å². The van der Waals surface area contributed by atoms with Crippen molar-refractivity contribution in [1.29, 1.82) is 0 Å². The number of unbranched alkanes of at least 4 members (excludes halogenated alkanes) is 1. The van der Waals surface area contributed by atoms with E-state index in [0.717, 1.165) is 25.0 Å². The molecule has 0 radical (unpaired) electrons. The summed E-state index contributed by atoms with van der Waals surface area (Å²) in [5, 5.41) is 11.4. The number of hydrogen-bond donors (Lipinski definition) is 2. The van der Waals surface area contributed by atoms with Gasteiger partial charge in [0.25, 0.3) is 0 Å². The highest BCUT2D eigenvalue weighted by Crippen LogP contribution is 2.24. The van der Waals surface area contributed by atoms with Crippen LogP contribution in [0, 0.1) is 0 Å². The van der Waals surface area contributed by atoms with Crippen LogP contribution < -0.4 is 5.32 Å². The molecule has 1 unspecified atom stereocenters. The van der Waals surface area contributed by atoms with Gasteiger partial charge in [0.05, 0.1) is 5.25 Å². The predicted molar refractivity (Wildman–Crippen MR) is 64.6 cm³/mol. The predicted octanol–water partition coefficient (Wildman–Crippen LogP) is 1.64. The molecule has 1 heterocycles. The van der Waals surface area contributed by atoms with Crippen LogP contribution in [0.15, 0.2) is 0 Å². The highest BCUT2D eigenvalue weighted by molar-refractivity contribution is 8.00. The molecule has 1 amide bonds. The Hall–Kier alpha value is -0.710. The Morgan fingerprint density at radius 3 is 2.75 bits per heavy atom. The van der Waals surface area contributed by atoms with Gasteiger partial charge < -0.3 is 10.4 Å². The molecule has 0 aliphatic carbocycles. The van der Waals surface area contributed by atoms with Crippen molar-refractivity contribution >= 4 is 23.6 Å². The van der Waals surface area contributed by atoms with Gasteiger partial charge in [0, 0.05) is 13.0 Å². The molecular weight excluding hydrogens is 226 g/mol. The Balaban J connectivity index is 2.03. The molecule has 0 saturated carbocycles. The van der Waals surface area contributed by atoms with Crippen molar-refractivity contribution in [3.05, 3.63) is 0 Å². The van der Waals surface area contributed by atoms with Crippen LogP contribution in [0.25, 0.3) is 0 Å². The lowest BCUT2D eigenvalue weighted by Gasteiger charge is -2.20. The summed E-state index contributed by atoms with van der Waals surface area (Å²) in [6.07, 6.45) is 4.90. The summed E-state index contributed by atoms with van der Waals surface area (Å²) in [7, 11) is 0. The van der Waals surface area contributed by atoms with Crippen molar-refractivity contribution in [3.8, 4) is 0 Å². The average molecular weight is 245 g/mol. The summed E-state index contributed by atoms with van der Waals surface area (Å²) in [4.78, 5) is 21.9. The number of carbonyl (C=O) groups excluding carboxylic acids is 1. The quantitative estimate of drug-likeness (QED) is 0.698. The molecule has 0 spiro atoms. The molecule has 1 fully saturated rings. The number of amides is 1. The third kappa shape index (κ3) is 5.39. The number of carboxylic acids is 1. The Morgan fingerprint density at radius 2 is 2.12 bits per heavy atom. The second kappa shape index (κ2) is 7.54. The van der Waals surface area contributed by atoms with Gasteiger partial charge in [0.1, 0.15) is 0 Å². The van der Waals surface area contributed by atoms with Crippen LogP contribution in [-0.2, 0) is 9.59 Å². The zero-order valence-electron chi connectivity index (χ0n) is 9.41. The monoisotopic (exact) mass is 245 g/mol. The van der Waals surface area contributed by atoms with Crippen molar-refractivity contribution in [1.82, 2.24) is 5.32 Å².